The molecule has 0 aromatic rings. The molecule has 2 nitrogen and oxygen atoms in total. The van der Waals surface area contributed by atoms with Gasteiger partial charge in [0.1, 0.15) is 6.17 Å². The molecule has 0 aliphatic carbocycles. The molecule has 0 bridgehead atoms. The van der Waals surface area contributed by atoms with Gasteiger partial charge in [0.05, 0.1) is 5.75 Å². The van der Waals surface area contributed by atoms with E-state index in [1.165, 1.54) is 0 Å². The Morgan fingerprint density at radius 2 is 1.83 bits per heavy atom. The van der Waals surface area contributed by atoms with Crippen molar-refractivity contribution in [2.45, 2.75) is 32.9 Å². The van der Waals surface area contributed by atoms with Crippen LogP contribution in [0.4, 0.5) is 4.39 Å². The number of hydrogen-bond donors (Lipinski definition) is 0. The van der Waals surface area contributed by atoms with Crippen molar-refractivity contribution in [1.82, 2.24) is 0 Å². The largest absolute Gasteiger partial charge is 0.246 e. The van der Waals surface area contributed by atoms with E-state index < -0.39 is 21.0 Å². The van der Waals surface area contributed by atoms with Crippen LogP contribution in [0.3, 0.4) is 0 Å². The fourth-order valence-electron chi connectivity index (χ4n) is 0.814. The first kappa shape index (κ1) is 12.2. The molecule has 0 fully saturated rings. The molecule has 0 aliphatic heterocycles. The van der Waals surface area contributed by atoms with Gasteiger partial charge in [-0.2, -0.15) is 0 Å². The van der Waals surface area contributed by atoms with E-state index in [0.717, 1.165) is 0 Å². The minimum Gasteiger partial charge on any atom is -0.246 e. The van der Waals surface area contributed by atoms with Crippen LogP contribution in [0.15, 0.2) is 0 Å². The molecule has 12 heavy (non-hydrogen) atoms. The van der Waals surface area contributed by atoms with E-state index in [9.17, 15) is 12.8 Å². The molecule has 5 heteroatoms. The summed E-state index contributed by atoms with van der Waals surface area (Å²) in [5.41, 5.74) is 0. The SMILES string of the molecule is CC(C)CCC(F)CS(=O)(=O)Cl. The second kappa shape index (κ2) is 5.02. The minimum atomic E-state index is -3.67. The zero-order chi connectivity index (χ0) is 9.78. The summed E-state index contributed by atoms with van der Waals surface area (Å²) in [6.45, 7) is 3.92. The molecule has 0 aromatic carbocycles. The molecule has 0 radical (unpaired) electrons. The van der Waals surface area contributed by atoms with Crippen LogP contribution < -0.4 is 0 Å². The average molecular weight is 217 g/mol. The van der Waals surface area contributed by atoms with Crippen LogP contribution >= 0.6 is 10.7 Å². The van der Waals surface area contributed by atoms with Crippen molar-refractivity contribution in [2.24, 2.45) is 5.92 Å². The quantitative estimate of drug-likeness (QED) is 0.661. The van der Waals surface area contributed by atoms with E-state index >= 15 is 0 Å². The van der Waals surface area contributed by atoms with E-state index in [0.29, 0.717) is 12.3 Å². The third-order valence-corrected chi connectivity index (χ3v) is 2.57. The van der Waals surface area contributed by atoms with Crippen molar-refractivity contribution in [3.05, 3.63) is 0 Å². The van der Waals surface area contributed by atoms with Gasteiger partial charge in [0.25, 0.3) is 0 Å². The van der Waals surface area contributed by atoms with Crippen LogP contribution in [0.25, 0.3) is 0 Å². The molecule has 0 saturated heterocycles. The predicted octanol–water partition coefficient (Wildman–Crippen LogP) is 2.33. The van der Waals surface area contributed by atoms with E-state index in [1.54, 1.807) is 0 Å². The smallest absolute Gasteiger partial charge is 0.235 e. The van der Waals surface area contributed by atoms with Crippen molar-refractivity contribution >= 4 is 19.7 Å². The second-order valence-electron chi connectivity index (χ2n) is 3.27. The van der Waals surface area contributed by atoms with E-state index in [1.807, 2.05) is 13.8 Å². The summed E-state index contributed by atoms with van der Waals surface area (Å²) < 4.78 is 33.6. The van der Waals surface area contributed by atoms with Gasteiger partial charge in [0.2, 0.25) is 9.05 Å². The highest BCUT2D eigenvalue weighted by Crippen LogP contribution is 2.12. The highest BCUT2D eigenvalue weighted by atomic mass is 35.7. The maximum atomic E-state index is 12.8. The molecule has 0 saturated carbocycles. The Balaban J connectivity index is 3.68. The summed E-state index contributed by atoms with van der Waals surface area (Å²) >= 11 is 0. The Labute approximate surface area is 77.5 Å². The maximum Gasteiger partial charge on any atom is 0.235 e. The highest BCUT2D eigenvalue weighted by molar-refractivity contribution is 8.13. The van der Waals surface area contributed by atoms with Crippen molar-refractivity contribution < 1.29 is 12.8 Å². The average Bonchev–Trinajstić information content (AvgIpc) is 1.79. The topological polar surface area (TPSA) is 34.1 Å². The van der Waals surface area contributed by atoms with Gasteiger partial charge in [-0.1, -0.05) is 13.8 Å². The number of halogens is 2. The van der Waals surface area contributed by atoms with Crippen LogP contribution in [-0.2, 0) is 9.05 Å². The monoisotopic (exact) mass is 216 g/mol. The minimum absolute atomic E-state index is 0.267. The lowest BCUT2D eigenvalue weighted by atomic mass is 10.1. The first-order valence-corrected chi connectivity index (χ1v) is 6.35. The third kappa shape index (κ3) is 8.27. The molecule has 1 unspecified atom stereocenters. The Kier molecular flexibility index (Phi) is 5.09. The number of hydrogen-bond acceptors (Lipinski definition) is 2. The molecule has 0 amide bonds. The molecule has 1 atom stereocenters. The molecule has 0 heterocycles. The first-order valence-electron chi connectivity index (χ1n) is 3.87. The van der Waals surface area contributed by atoms with Crippen molar-refractivity contribution in [3.63, 3.8) is 0 Å². The van der Waals surface area contributed by atoms with Gasteiger partial charge in [0, 0.05) is 10.7 Å². The van der Waals surface area contributed by atoms with Crippen LogP contribution in [0.5, 0.6) is 0 Å². The first-order chi connectivity index (χ1) is 5.31. The summed E-state index contributed by atoms with van der Waals surface area (Å²) in [7, 11) is 1.20. The maximum absolute atomic E-state index is 12.8. The summed E-state index contributed by atoms with van der Waals surface area (Å²) in [4.78, 5) is 0. The zero-order valence-electron chi connectivity index (χ0n) is 7.26. The molecular formula is C7H14ClFO2S. The molecule has 0 aromatic heterocycles. The van der Waals surface area contributed by atoms with Gasteiger partial charge in [-0.3, -0.25) is 0 Å². The van der Waals surface area contributed by atoms with E-state index in [2.05, 4.69) is 0 Å². The van der Waals surface area contributed by atoms with Crippen LogP contribution in [0.2, 0.25) is 0 Å². The Hall–Kier alpha value is 0.170. The Bertz CT molecular complexity index is 213. The van der Waals surface area contributed by atoms with Gasteiger partial charge in [0.15, 0.2) is 0 Å². The standard InChI is InChI=1S/C7H14ClFO2S/c1-6(2)3-4-7(9)5-12(8,10)11/h6-7H,3-5H2,1-2H3. The van der Waals surface area contributed by atoms with Crippen LogP contribution in [0.1, 0.15) is 26.7 Å². The molecular weight excluding hydrogens is 203 g/mol. The van der Waals surface area contributed by atoms with Crippen LogP contribution in [0, 0.1) is 5.92 Å². The Morgan fingerprint density at radius 1 is 1.33 bits per heavy atom. The zero-order valence-corrected chi connectivity index (χ0v) is 8.83. The lowest BCUT2D eigenvalue weighted by molar-refractivity contribution is 0.320. The van der Waals surface area contributed by atoms with Crippen molar-refractivity contribution in [1.29, 1.82) is 0 Å². The fourth-order valence-corrected chi connectivity index (χ4v) is 1.82. The molecule has 0 spiro atoms. The van der Waals surface area contributed by atoms with Gasteiger partial charge in [-0.25, -0.2) is 12.8 Å². The molecule has 0 rings (SSSR count). The van der Waals surface area contributed by atoms with Gasteiger partial charge in [-0.15, -0.1) is 0 Å². The van der Waals surface area contributed by atoms with Gasteiger partial charge >= 0.3 is 0 Å². The molecule has 0 N–H and O–H groups in total. The van der Waals surface area contributed by atoms with E-state index in [4.69, 9.17) is 10.7 Å². The molecule has 74 valence electrons. The summed E-state index contributed by atoms with van der Waals surface area (Å²) in [5, 5.41) is 0. The highest BCUT2D eigenvalue weighted by Gasteiger charge is 2.15. The third-order valence-electron chi connectivity index (χ3n) is 1.44. The normalized spacial score (nSPS) is 15.1. The summed E-state index contributed by atoms with van der Waals surface area (Å²) in [5.74, 6) is -0.178. The van der Waals surface area contributed by atoms with Gasteiger partial charge < -0.3 is 0 Å². The second-order valence-corrected chi connectivity index (χ2v) is 6.10. The lowest BCUT2D eigenvalue weighted by Crippen LogP contribution is -2.13. The van der Waals surface area contributed by atoms with Gasteiger partial charge in [-0.05, 0) is 18.8 Å². The summed E-state index contributed by atoms with van der Waals surface area (Å²) in [6, 6.07) is 0. The predicted molar refractivity (Wildman–Crippen MR) is 48.6 cm³/mol. The lowest BCUT2D eigenvalue weighted by Gasteiger charge is -2.07. The van der Waals surface area contributed by atoms with Crippen molar-refractivity contribution in [2.75, 3.05) is 5.75 Å². The van der Waals surface area contributed by atoms with E-state index in [-0.39, 0.29) is 6.42 Å². The number of alkyl halides is 1. The Morgan fingerprint density at radius 3 is 2.17 bits per heavy atom. The van der Waals surface area contributed by atoms with Crippen LogP contribution in [-0.4, -0.2) is 20.3 Å². The molecule has 0 aliphatic rings. The number of rotatable bonds is 5. The fraction of sp³-hybridized carbons (Fsp3) is 1.00. The van der Waals surface area contributed by atoms with Crippen molar-refractivity contribution in [3.8, 4) is 0 Å². The summed E-state index contributed by atoms with van der Waals surface area (Å²) in [6.07, 6.45) is -0.369.